The van der Waals surface area contributed by atoms with Crippen molar-refractivity contribution in [3.63, 3.8) is 0 Å². The van der Waals surface area contributed by atoms with Crippen molar-refractivity contribution >= 4 is 69.5 Å². The number of hydrogen-bond donors (Lipinski definition) is 0. The van der Waals surface area contributed by atoms with Crippen LogP contribution in [0.1, 0.15) is 16.7 Å². The third-order valence-corrected chi connectivity index (χ3v) is 7.05. The van der Waals surface area contributed by atoms with E-state index >= 15 is 0 Å². The van der Waals surface area contributed by atoms with E-state index in [1.54, 1.807) is 42.5 Å². The molecule has 0 radical (unpaired) electrons. The van der Waals surface area contributed by atoms with E-state index < -0.39 is 16.1 Å². The summed E-state index contributed by atoms with van der Waals surface area (Å²) in [6, 6.07) is 14.1. The first-order valence-corrected chi connectivity index (χ1v) is 12.5. The second-order valence-corrected chi connectivity index (χ2v) is 10.00. The zero-order chi connectivity index (χ0) is 26.7. The number of hydrogen-bond acceptors (Lipinski definition) is 7. The first-order chi connectivity index (χ1) is 17.7. The SMILES string of the molecule is COc1cc(/C=C2\SC(=O)N(Cc3ccc(Cl)cc3Cl)C2=O)cc(Cl)c1OCc1cccc([N+](=O)[O-])c1. The van der Waals surface area contributed by atoms with Crippen LogP contribution in [0.2, 0.25) is 15.1 Å². The van der Waals surface area contributed by atoms with Crippen LogP contribution in [-0.4, -0.2) is 28.1 Å². The summed E-state index contributed by atoms with van der Waals surface area (Å²) in [5.41, 5.74) is 1.62. The standard InChI is InChI=1S/C25H17Cl3N2O6S/c1-35-21-9-15(8-20(28)23(21)36-13-14-3-2-4-18(7-14)30(33)34)10-22-24(31)29(25(32)37-22)12-16-5-6-17(26)11-19(16)27/h2-11H,12-13H2,1H3/b22-10-. The van der Waals surface area contributed by atoms with Crippen LogP contribution >= 0.6 is 46.6 Å². The molecule has 4 rings (SSSR count). The molecule has 0 bridgehead atoms. The minimum atomic E-state index is -0.488. The average molecular weight is 580 g/mol. The second-order valence-electron chi connectivity index (χ2n) is 7.75. The molecule has 1 fully saturated rings. The third-order valence-electron chi connectivity index (χ3n) is 5.27. The molecule has 0 N–H and O–H groups in total. The Balaban J connectivity index is 1.53. The monoisotopic (exact) mass is 578 g/mol. The Hall–Kier alpha value is -3.24. The highest BCUT2D eigenvalue weighted by atomic mass is 35.5. The molecule has 1 heterocycles. The van der Waals surface area contributed by atoms with E-state index in [0.29, 0.717) is 26.7 Å². The predicted molar refractivity (Wildman–Crippen MR) is 143 cm³/mol. The molecule has 0 aromatic heterocycles. The summed E-state index contributed by atoms with van der Waals surface area (Å²) in [5.74, 6) is 0.0526. The van der Waals surface area contributed by atoms with Gasteiger partial charge in [-0.2, -0.15) is 0 Å². The topological polar surface area (TPSA) is 99.0 Å². The lowest BCUT2D eigenvalue weighted by Crippen LogP contribution is -2.27. The highest BCUT2D eigenvalue weighted by Crippen LogP contribution is 2.40. The van der Waals surface area contributed by atoms with Crippen molar-refractivity contribution in [3.05, 3.63) is 101 Å². The molecule has 0 unspecified atom stereocenters. The summed E-state index contributed by atoms with van der Waals surface area (Å²) >= 11 is 19.4. The fraction of sp³-hybridized carbons (Fsp3) is 0.120. The van der Waals surface area contributed by atoms with Crippen LogP contribution in [0.3, 0.4) is 0 Å². The summed E-state index contributed by atoms with van der Waals surface area (Å²) < 4.78 is 11.2. The average Bonchev–Trinajstić information content (AvgIpc) is 3.12. The minimum Gasteiger partial charge on any atom is -0.493 e. The molecule has 37 heavy (non-hydrogen) atoms. The molecular weight excluding hydrogens is 563 g/mol. The molecule has 0 saturated carbocycles. The fourth-order valence-corrected chi connectivity index (χ4v) is 5.07. The van der Waals surface area contributed by atoms with Gasteiger partial charge in [-0.3, -0.25) is 24.6 Å². The molecule has 8 nitrogen and oxygen atoms in total. The van der Waals surface area contributed by atoms with Crippen molar-refractivity contribution < 1.29 is 24.0 Å². The van der Waals surface area contributed by atoms with Crippen LogP contribution in [-0.2, 0) is 17.9 Å². The van der Waals surface area contributed by atoms with Gasteiger partial charge < -0.3 is 9.47 Å². The molecule has 0 atom stereocenters. The number of nitro groups is 1. The summed E-state index contributed by atoms with van der Waals surface area (Å²) in [5, 5.41) is 11.6. The summed E-state index contributed by atoms with van der Waals surface area (Å²) in [6.45, 7) is 0.0236. The third kappa shape index (κ3) is 6.19. The van der Waals surface area contributed by atoms with Gasteiger partial charge in [-0.15, -0.1) is 0 Å². The van der Waals surface area contributed by atoms with Gasteiger partial charge >= 0.3 is 0 Å². The Morgan fingerprint density at radius 3 is 2.54 bits per heavy atom. The van der Waals surface area contributed by atoms with Gasteiger partial charge in [0.1, 0.15) is 6.61 Å². The van der Waals surface area contributed by atoms with Crippen LogP contribution in [0.25, 0.3) is 6.08 Å². The maximum Gasteiger partial charge on any atom is 0.293 e. The molecule has 3 aromatic carbocycles. The number of ether oxygens (including phenoxy) is 2. The van der Waals surface area contributed by atoms with Gasteiger partial charge in [0.15, 0.2) is 11.5 Å². The molecule has 3 aromatic rings. The van der Waals surface area contributed by atoms with Crippen LogP contribution in [0.4, 0.5) is 10.5 Å². The number of halogens is 3. The number of amides is 2. The molecule has 1 aliphatic rings. The fourth-order valence-electron chi connectivity index (χ4n) is 3.49. The smallest absolute Gasteiger partial charge is 0.293 e. The molecular formula is C25H17Cl3N2O6S. The minimum absolute atomic E-state index is 0.00646. The van der Waals surface area contributed by atoms with E-state index in [-0.39, 0.29) is 40.3 Å². The van der Waals surface area contributed by atoms with Gasteiger partial charge in [-0.1, -0.05) is 53.0 Å². The van der Waals surface area contributed by atoms with Gasteiger partial charge in [-0.25, -0.2) is 0 Å². The van der Waals surface area contributed by atoms with E-state index in [2.05, 4.69) is 0 Å². The van der Waals surface area contributed by atoms with Crippen molar-refractivity contribution in [2.45, 2.75) is 13.2 Å². The highest BCUT2D eigenvalue weighted by molar-refractivity contribution is 8.18. The molecule has 190 valence electrons. The number of thioether (sulfide) groups is 1. The number of carbonyl (C=O) groups is 2. The van der Waals surface area contributed by atoms with Crippen LogP contribution in [0, 0.1) is 10.1 Å². The van der Waals surface area contributed by atoms with Crippen LogP contribution < -0.4 is 9.47 Å². The highest BCUT2D eigenvalue weighted by Gasteiger charge is 2.35. The molecule has 1 saturated heterocycles. The van der Waals surface area contributed by atoms with Crippen molar-refractivity contribution in [1.82, 2.24) is 4.90 Å². The van der Waals surface area contributed by atoms with Crippen LogP contribution in [0.15, 0.2) is 59.5 Å². The lowest BCUT2D eigenvalue weighted by Gasteiger charge is -2.14. The number of nitro benzene ring substituents is 1. The first kappa shape index (κ1) is 26.8. The number of nitrogens with zero attached hydrogens (tertiary/aromatic N) is 2. The molecule has 0 spiro atoms. The quantitative estimate of drug-likeness (QED) is 0.156. The summed E-state index contributed by atoms with van der Waals surface area (Å²) in [7, 11) is 1.43. The van der Waals surface area contributed by atoms with Crippen LogP contribution in [0.5, 0.6) is 11.5 Å². The molecule has 0 aliphatic carbocycles. The van der Waals surface area contributed by atoms with Gasteiger partial charge in [0.2, 0.25) is 0 Å². The van der Waals surface area contributed by atoms with E-state index in [1.807, 2.05) is 0 Å². The molecule has 2 amide bonds. The Morgan fingerprint density at radius 1 is 1.05 bits per heavy atom. The second kappa shape index (κ2) is 11.4. The molecule has 1 aliphatic heterocycles. The van der Waals surface area contributed by atoms with Gasteiger partial charge in [0.05, 0.1) is 28.5 Å². The zero-order valence-electron chi connectivity index (χ0n) is 19.1. The first-order valence-electron chi connectivity index (χ1n) is 10.6. The summed E-state index contributed by atoms with van der Waals surface area (Å²) in [6.07, 6.45) is 1.53. The molecule has 12 heteroatoms. The maximum atomic E-state index is 13.0. The van der Waals surface area contributed by atoms with Gasteiger partial charge in [0, 0.05) is 22.2 Å². The Labute approximate surface area is 230 Å². The lowest BCUT2D eigenvalue weighted by molar-refractivity contribution is -0.384. The van der Waals surface area contributed by atoms with Crippen molar-refractivity contribution in [2.24, 2.45) is 0 Å². The number of non-ortho nitro benzene ring substituents is 1. The van der Waals surface area contributed by atoms with Gasteiger partial charge in [0.25, 0.3) is 16.8 Å². The largest absolute Gasteiger partial charge is 0.493 e. The van der Waals surface area contributed by atoms with E-state index in [0.717, 1.165) is 16.7 Å². The number of carbonyl (C=O) groups excluding carboxylic acids is 2. The Kier molecular flexibility index (Phi) is 8.29. The number of rotatable bonds is 8. The van der Waals surface area contributed by atoms with E-state index in [9.17, 15) is 19.7 Å². The zero-order valence-corrected chi connectivity index (χ0v) is 22.2. The predicted octanol–water partition coefficient (Wildman–Crippen LogP) is 7.38. The Morgan fingerprint density at radius 2 is 1.84 bits per heavy atom. The summed E-state index contributed by atoms with van der Waals surface area (Å²) in [4.78, 5) is 37.3. The number of imide groups is 1. The van der Waals surface area contributed by atoms with Crippen molar-refractivity contribution in [2.75, 3.05) is 7.11 Å². The van der Waals surface area contributed by atoms with E-state index in [4.69, 9.17) is 44.3 Å². The van der Waals surface area contributed by atoms with Crippen molar-refractivity contribution in [3.8, 4) is 11.5 Å². The van der Waals surface area contributed by atoms with Gasteiger partial charge in [-0.05, 0) is 58.8 Å². The normalized spacial score (nSPS) is 14.4. The lowest BCUT2D eigenvalue weighted by atomic mass is 10.1. The number of methoxy groups -OCH3 is 1. The van der Waals surface area contributed by atoms with Crippen molar-refractivity contribution in [1.29, 1.82) is 0 Å². The Bertz CT molecular complexity index is 1450. The number of benzene rings is 3. The maximum absolute atomic E-state index is 13.0. The van der Waals surface area contributed by atoms with E-state index in [1.165, 1.54) is 25.3 Å².